The zero-order valence-electron chi connectivity index (χ0n) is 11.4. The normalized spacial score (nSPS) is 23.7. The Labute approximate surface area is 109 Å². The van der Waals surface area contributed by atoms with Crippen LogP contribution >= 0.6 is 0 Å². The first-order chi connectivity index (χ1) is 8.58. The van der Waals surface area contributed by atoms with E-state index in [-0.39, 0.29) is 5.91 Å². The minimum atomic E-state index is 0.0613. The molecule has 1 amide bonds. The van der Waals surface area contributed by atoms with Crippen molar-refractivity contribution in [2.45, 2.75) is 33.2 Å². The van der Waals surface area contributed by atoms with E-state index in [1.54, 1.807) is 0 Å². The maximum absolute atomic E-state index is 12.3. The number of carbonyl (C=O) groups excluding carboxylic acids is 1. The Kier molecular flexibility index (Phi) is 4.02. The van der Waals surface area contributed by atoms with Gasteiger partial charge < -0.3 is 10.6 Å². The maximum Gasteiger partial charge on any atom is 0.251 e. The van der Waals surface area contributed by atoms with Gasteiger partial charge in [-0.3, -0.25) is 4.79 Å². The molecule has 0 aromatic heterocycles. The lowest BCUT2D eigenvalue weighted by molar-refractivity contribution is 0.0913. The van der Waals surface area contributed by atoms with Crippen LogP contribution in [0, 0.1) is 19.8 Å². The first-order valence-electron chi connectivity index (χ1n) is 6.67. The molecule has 1 aromatic rings. The van der Waals surface area contributed by atoms with Crippen LogP contribution in [0.3, 0.4) is 0 Å². The molecule has 98 valence electrons. The number of carbonyl (C=O) groups is 1. The number of amides is 1. The van der Waals surface area contributed by atoms with Gasteiger partial charge in [-0.2, -0.15) is 0 Å². The Hall–Kier alpha value is -1.35. The Morgan fingerprint density at radius 1 is 1.39 bits per heavy atom. The third-order valence-corrected chi connectivity index (χ3v) is 3.73. The molecule has 2 atom stereocenters. The Morgan fingerprint density at radius 3 is 2.83 bits per heavy atom. The Balaban J connectivity index is 2.07. The lowest BCUT2D eigenvalue weighted by Gasteiger charge is -2.30. The fourth-order valence-corrected chi connectivity index (χ4v) is 2.54. The summed E-state index contributed by atoms with van der Waals surface area (Å²) in [4.78, 5) is 12.3. The van der Waals surface area contributed by atoms with E-state index in [1.165, 1.54) is 5.56 Å². The molecule has 2 N–H and O–H groups in total. The smallest absolute Gasteiger partial charge is 0.251 e. The van der Waals surface area contributed by atoms with E-state index in [2.05, 4.69) is 23.6 Å². The van der Waals surface area contributed by atoms with E-state index < -0.39 is 0 Å². The second-order valence-electron chi connectivity index (χ2n) is 5.37. The summed E-state index contributed by atoms with van der Waals surface area (Å²) in [7, 11) is 0. The van der Waals surface area contributed by atoms with Crippen LogP contribution in [-0.4, -0.2) is 25.0 Å². The van der Waals surface area contributed by atoms with Crippen molar-refractivity contribution in [2.75, 3.05) is 13.1 Å². The molecule has 0 bridgehead atoms. The summed E-state index contributed by atoms with van der Waals surface area (Å²) in [6.45, 7) is 8.19. The highest BCUT2D eigenvalue weighted by Gasteiger charge is 2.23. The van der Waals surface area contributed by atoms with Gasteiger partial charge in [-0.15, -0.1) is 0 Å². The number of nitrogens with one attached hydrogen (secondary N) is 2. The fraction of sp³-hybridized carbons (Fsp3) is 0.533. The zero-order valence-corrected chi connectivity index (χ0v) is 11.4. The summed E-state index contributed by atoms with van der Waals surface area (Å²) in [6, 6.07) is 6.26. The monoisotopic (exact) mass is 246 g/mol. The molecule has 0 aliphatic carbocycles. The van der Waals surface area contributed by atoms with Crippen LogP contribution in [-0.2, 0) is 0 Å². The summed E-state index contributed by atoms with van der Waals surface area (Å²) in [5.74, 6) is 0.555. The van der Waals surface area contributed by atoms with Crippen molar-refractivity contribution >= 4 is 5.91 Å². The van der Waals surface area contributed by atoms with Gasteiger partial charge in [0.1, 0.15) is 0 Å². The SMILES string of the molecule is Cc1ccc(C(=O)N[C@H]2CCNC[C@@H]2C)c(C)c1. The number of rotatable bonds is 2. The van der Waals surface area contributed by atoms with Crippen molar-refractivity contribution in [2.24, 2.45) is 5.92 Å². The Bertz CT molecular complexity index is 442. The molecule has 3 heteroatoms. The quantitative estimate of drug-likeness (QED) is 0.838. The standard InChI is InChI=1S/C15H22N2O/c1-10-4-5-13(11(2)8-10)15(18)17-14-6-7-16-9-12(14)3/h4-5,8,12,14,16H,6-7,9H2,1-3H3,(H,17,18)/t12-,14-/m0/s1. The summed E-state index contributed by atoms with van der Waals surface area (Å²) in [5, 5.41) is 6.51. The van der Waals surface area contributed by atoms with Crippen LogP contribution in [0.4, 0.5) is 0 Å². The molecule has 1 fully saturated rings. The minimum Gasteiger partial charge on any atom is -0.349 e. The van der Waals surface area contributed by atoms with Crippen LogP contribution in [0.5, 0.6) is 0 Å². The van der Waals surface area contributed by atoms with E-state index in [0.29, 0.717) is 12.0 Å². The molecule has 1 aliphatic rings. The van der Waals surface area contributed by atoms with Gasteiger partial charge >= 0.3 is 0 Å². The maximum atomic E-state index is 12.3. The van der Waals surface area contributed by atoms with Gasteiger partial charge in [0.2, 0.25) is 0 Å². The average molecular weight is 246 g/mol. The Morgan fingerprint density at radius 2 is 2.17 bits per heavy atom. The minimum absolute atomic E-state index is 0.0613. The topological polar surface area (TPSA) is 41.1 Å². The van der Waals surface area contributed by atoms with E-state index in [1.807, 2.05) is 26.0 Å². The predicted molar refractivity (Wildman–Crippen MR) is 73.8 cm³/mol. The molecular weight excluding hydrogens is 224 g/mol. The molecule has 18 heavy (non-hydrogen) atoms. The van der Waals surface area contributed by atoms with Gasteiger partial charge in [0.15, 0.2) is 0 Å². The number of piperidine rings is 1. The van der Waals surface area contributed by atoms with Gasteiger partial charge in [0.05, 0.1) is 0 Å². The summed E-state index contributed by atoms with van der Waals surface area (Å²) >= 11 is 0. The number of hydrogen-bond acceptors (Lipinski definition) is 2. The first-order valence-corrected chi connectivity index (χ1v) is 6.67. The van der Waals surface area contributed by atoms with E-state index in [0.717, 1.165) is 30.6 Å². The van der Waals surface area contributed by atoms with Crippen molar-refractivity contribution in [3.63, 3.8) is 0 Å². The van der Waals surface area contributed by atoms with Gasteiger partial charge in [0.25, 0.3) is 5.91 Å². The van der Waals surface area contributed by atoms with Crippen molar-refractivity contribution in [3.8, 4) is 0 Å². The lowest BCUT2D eigenvalue weighted by Crippen LogP contribution is -2.48. The highest BCUT2D eigenvalue weighted by molar-refractivity contribution is 5.95. The van der Waals surface area contributed by atoms with Crippen molar-refractivity contribution in [1.29, 1.82) is 0 Å². The highest BCUT2D eigenvalue weighted by atomic mass is 16.1. The molecule has 1 saturated heterocycles. The van der Waals surface area contributed by atoms with Gasteiger partial charge in [0, 0.05) is 11.6 Å². The molecule has 2 rings (SSSR count). The molecule has 0 unspecified atom stereocenters. The largest absolute Gasteiger partial charge is 0.349 e. The highest BCUT2D eigenvalue weighted by Crippen LogP contribution is 2.14. The summed E-state index contributed by atoms with van der Waals surface area (Å²) in [6.07, 6.45) is 1.01. The van der Waals surface area contributed by atoms with Gasteiger partial charge in [-0.1, -0.05) is 24.6 Å². The summed E-state index contributed by atoms with van der Waals surface area (Å²) < 4.78 is 0. The molecule has 0 radical (unpaired) electrons. The van der Waals surface area contributed by atoms with E-state index in [9.17, 15) is 4.79 Å². The van der Waals surface area contributed by atoms with Crippen molar-refractivity contribution in [3.05, 3.63) is 34.9 Å². The van der Waals surface area contributed by atoms with Crippen LogP contribution < -0.4 is 10.6 Å². The van der Waals surface area contributed by atoms with Gasteiger partial charge in [-0.25, -0.2) is 0 Å². The molecule has 0 spiro atoms. The fourth-order valence-electron chi connectivity index (χ4n) is 2.54. The van der Waals surface area contributed by atoms with E-state index >= 15 is 0 Å². The molecule has 1 aromatic carbocycles. The number of aryl methyl sites for hydroxylation is 2. The molecule has 3 nitrogen and oxygen atoms in total. The predicted octanol–water partition coefficient (Wildman–Crippen LogP) is 2.03. The summed E-state index contributed by atoms with van der Waals surface area (Å²) in [5.41, 5.74) is 3.04. The first kappa shape index (κ1) is 13.1. The van der Waals surface area contributed by atoms with Crippen LogP contribution in [0.2, 0.25) is 0 Å². The molecule has 1 aliphatic heterocycles. The molecular formula is C15H22N2O. The zero-order chi connectivity index (χ0) is 13.1. The number of hydrogen-bond donors (Lipinski definition) is 2. The average Bonchev–Trinajstić information content (AvgIpc) is 2.32. The third kappa shape index (κ3) is 2.91. The molecule has 0 saturated carbocycles. The second kappa shape index (κ2) is 5.53. The van der Waals surface area contributed by atoms with Crippen molar-refractivity contribution < 1.29 is 4.79 Å². The van der Waals surface area contributed by atoms with Crippen LogP contribution in [0.15, 0.2) is 18.2 Å². The lowest BCUT2D eigenvalue weighted by atomic mass is 9.94. The van der Waals surface area contributed by atoms with Crippen LogP contribution in [0.1, 0.15) is 34.8 Å². The second-order valence-corrected chi connectivity index (χ2v) is 5.37. The van der Waals surface area contributed by atoms with E-state index in [4.69, 9.17) is 0 Å². The van der Waals surface area contributed by atoms with Crippen molar-refractivity contribution in [1.82, 2.24) is 10.6 Å². The third-order valence-electron chi connectivity index (χ3n) is 3.73. The molecule has 1 heterocycles. The number of benzene rings is 1. The van der Waals surface area contributed by atoms with Crippen LogP contribution in [0.25, 0.3) is 0 Å². The van der Waals surface area contributed by atoms with Gasteiger partial charge in [-0.05, 0) is 50.9 Å².